The highest BCUT2D eigenvalue weighted by atomic mass is 32.2. The van der Waals surface area contributed by atoms with E-state index in [-0.39, 0.29) is 11.6 Å². The summed E-state index contributed by atoms with van der Waals surface area (Å²) in [7, 11) is 0. The molecule has 2 aromatic rings. The molecule has 2 heterocycles. The van der Waals surface area contributed by atoms with E-state index >= 15 is 0 Å². The largest absolute Gasteiger partial charge is 0.457 e. The molecule has 0 atom stereocenters. The summed E-state index contributed by atoms with van der Waals surface area (Å²) < 4.78 is 6.29. The highest BCUT2D eigenvalue weighted by Crippen LogP contribution is 2.33. The zero-order valence-electron chi connectivity index (χ0n) is 13.3. The molecule has 25 heavy (non-hydrogen) atoms. The molecule has 1 aliphatic rings. The number of carbonyl (C=O) groups is 1. The molecule has 1 aromatic carbocycles. The molecule has 0 N–H and O–H groups in total. The van der Waals surface area contributed by atoms with E-state index in [1.165, 1.54) is 23.9 Å². The van der Waals surface area contributed by atoms with Gasteiger partial charge in [0, 0.05) is 30.3 Å². The Morgan fingerprint density at radius 1 is 1.28 bits per heavy atom. The molecule has 1 amide bonds. The number of nitro groups is 1. The first-order valence-corrected chi connectivity index (χ1v) is 8.82. The summed E-state index contributed by atoms with van der Waals surface area (Å²) in [5.41, 5.74) is 0.749. The summed E-state index contributed by atoms with van der Waals surface area (Å²) in [4.78, 5) is 24.7. The van der Waals surface area contributed by atoms with Crippen LogP contribution in [0.2, 0.25) is 0 Å². The average molecular weight is 374 g/mol. The first-order valence-electron chi connectivity index (χ1n) is 7.59. The second-order valence-electron chi connectivity index (χ2n) is 5.34. The van der Waals surface area contributed by atoms with E-state index in [1.54, 1.807) is 35.2 Å². The van der Waals surface area contributed by atoms with Crippen molar-refractivity contribution in [2.75, 3.05) is 6.54 Å². The van der Waals surface area contributed by atoms with Crippen LogP contribution in [0.4, 0.5) is 5.69 Å². The Bertz CT molecular complexity index is 871. The number of amides is 1. The van der Waals surface area contributed by atoms with Crippen molar-refractivity contribution < 1.29 is 14.1 Å². The monoisotopic (exact) mass is 374 g/mol. The number of benzene rings is 1. The third kappa shape index (κ3) is 3.64. The molecule has 3 rings (SSSR count). The van der Waals surface area contributed by atoms with Gasteiger partial charge in [0.05, 0.1) is 9.83 Å². The molecular weight excluding hydrogens is 360 g/mol. The normalized spacial score (nSPS) is 16.0. The van der Waals surface area contributed by atoms with Gasteiger partial charge in [0.25, 0.3) is 11.6 Å². The van der Waals surface area contributed by atoms with E-state index in [0.717, 1.165) is 12.0 Å². The number of rotatable bonds is 5. The van der Waals surface area contributed by atoms with Gasteiger partial charge in [-0.2, -0.15) is 0 Å². The van der Waals surface area contributed by atoms with Crippen LogP contribution in [0.15, 0.2) is 45.7 Å². The van der Waals surface area contributed by atoms with Crippen molar-refractivity contribution in [1.82, 2.24) is 4.90 Å². The van der Waals surface area contributed by atoms with Gasteiger partial charge in [-0.3, -0.25) is 19.8 Å². The number of thioether (sulfide) groups is 1. The van der Waals surface area contributed by atoms with Crippen LogP contribution in [0.25, 0.3) is 17.4 Å². The molecule has 0 spiro atoms. The third-order valence-electron chi connectivity index (χ3n) is 3.58. The van der Waals surface area contributed by atoms with Crippen molar-refractivity contribution in [3.8, 4) is 11.3 Å². The zero-order chi connectivity index (χ0) is 18.0. The molecule has 0 saturated carbocycles. The molecular formula is C17H14N2O4S2. The summed E-state index contributed by atoms with van der Waals surface area (Å²) in [6, 6.07) is 9.62. The Labute approximate surface area is 153 Å². The number of nitro benzene ring substituents is 1. The van der Waals surface area contributed by atoms with E-state index in [9.17, 15) is 14.9 Å². The van der Waals surface area contributed by atoms with Gasteiger partial charge in [-0.15, -0.1) is 0 Å². The van der Waals surface area contributed by atoms with Crippen LogP contribution in [-0.2, 0) is 4.79 Å². The number of nitrogens with zero attached hydrogens (tertiary/aromatic N) is 2. The molecule has 1 aliphatic heterocycles. The predicted molar refractivity (Wildman–Crippen MR) is 101 cm³/mol. The second kappa shape index (κ2) is 7.20. The Morgan fingerprint density at radius 2 is 2.00 bits per heavy atom. The lowest BCUT2D eigenvalue weighted by Gasteiger charge is -2.11. The van der Waals surface area contributed by atoms with Crippen molar-refractivity contribution in [2.24, 2.45) is 0 Å². The minimum atomic E-state index is -0.449. The van der Waals surface area contributed by atoms with Crippen molar-refractivity contribution in [3.63, 3.8) is 0 Å². The van der Waals surface area contributed by atoms with Crippen LogP contribution in [0, 0.1) is 10.1 Å². The molecule has 6 nitrogen and oxygen atoms in total. The predicted octanol–water partition coefficient (Wildman–Crippen LogP) is 4.47. The van der Waals surface area contributed by atoms with Crippen molar-refractivity contribution in [2.45, 2.75) is 13.3 Å². The highest BCUT2D eigenvalue weighted by Gasteiger charge is 2.31. The maximum Gasteiger partial charge on any atom is 0.269 e. The molecule has 8 heteroatoms. The quantitative estimate of drug-likeness (QED) is 0.333. The van der Waals surface area contributed by atoms with Crippen LogP contribution in [-0.4, -0.2) is 26.6 Å². The molecule has 1 aromatic heterocycles. The summed E-state index contributed by atoms with van der Waals surface area (Å²) in [6.45, 7) is 2.60. The van der Waals surface area contributed by atoms with Gasteiger partial charge in [-0.25, -0.2) is 0 Å². The summed E-state index contributed by atoms with van der Waals surface area (Å²) >= 11 is 6.49. The number of hydrogen-bond acceptors (Lipinski definition) is 6. The fourth-order valence-corrected chi connectivity index (χ4v) is 3.67. The lowest BCUT2D eigenvalue weighted by molar-refractivity contribution is -0.384. The number of carbonyl (C=O) groups excluding carboxylic acids is 1. The molecule has 0 unspecified atom stereocenters. The van der Waals surface area contributed by atoms with E-state index in [1.807, 2.05) is 6.92 Å². The molecule has 0 radical (unpaired) electrons. The van der Waals surface area contributed by atoms with Crippen molar-refractivity contribution >= 4 is 46.0 Å². The summed E-state index contributed by atoms with van der Waals surface area (Å²) in [5, 5.41) is 10.7. The fourth-order valence-electron chi connectivity index (χ4n) is 2.38. The van der Waals surface area contributed by atoms with Crippen molar-refractivity contribution in [3.05, 3.63) is 57.2 Å². The van der Waals surface area contributed by atoms with Crippen molar-refractivity contribution in [1.29, 1.82) is 0 Å². The number of thiocarbonyl (C=S) groups is 1. The number of furan rings is 1. The van der Waals surface area contributed by atoms with E-state index in [0.29, 0.717) is 27.3 Å². The average Bonchev–Trinajstić information content (AvgIpc) is 3.16. The van der Waals surface area contributed by atoms with Crippen LogP contribution in [0.5, 0.6) is 0 Å². The van der Waals surface area contributed by atoms with Gasteiger partial charge in [-0.1, -0.05) is 30.9 Å². The Morgan fingerprint density at radius 3 is 2.64 bits per heavy atom. The van der Waals surface area contributed by atoms with Gasteiger partial charge >= 0.3 is 0 Å². The number of non-ortho nitro benzene ring substituents is 1. The van der Waals surface area contributed by atoms with Gasteiger partial charge in [0.15, 0.2) is 0 Å². The van der Waals surface area contributed by atoms with Gasteiger partial charge in [0.2, 0.25) is 0 Å². The smallest absolute Gasteiger partial charge is 0.269 e. The zero-order valence-corrected chi connectivity index (χ0v) is 14.9. The van der Waals surface area contributed by atoms with Gasteiger partial charge < -0.3 is 4.42 Å². The standard InChI is InChI=1S/C17H14N2O4S2/c1-2-9-18-16(20)15(25-17(18)24)10-13-7-8-14(23-13)11-3-5-12(6-4-11)19(21)22/h3-8,10H,2,9H2,1H3. The maximum absolute atomic E-state index is 12.3. The summed E-state index contributed by atoms with van der Waals surface area (Å²) in [6.07, 6.45) is 2.51. The highest BCUT2D eigenvalue weighted by molar-refractivity contribution is 8.26. The summed E-state index contributed by atoms with van der Waals surface area (Å²) in [5.74, 6) is 1.00. The minimum absolute atomic E-state index is 0.0233. The maximum atomic E-state index is 12.3. The first-order chi connectivity index (χ1) is 12.0. The van der Waals surface area contributed by atoms with Crippen LogP contribution in [0.3, 0.4) is 0 Å². The van der Waals surface area contributed by atoms with Gasteiger partial charge in [-0.05, 0) is 30.7 Å². The van der Waals surface area contributed by atoms with E-state index in [4.69, 9.17) is 16.6 Å². The first kappa shape index (κ1) is 17.4. The topological polar surface area (TPSA) is 76.6 Å². The molecule has 0 aliphatic carbocycles. The SMILES string of the molecule is CCCN1C(=O)C(=Cc2ccc(-c3ccc([N+](=O)[O-])cc3)o2)SC1=S. The Kier molecular flexibility index (Phi) is 5.00. The molecule has 1 saturated heterocycles. The Balaban J connectivity index is 1.81. The Hall–Kier alpha value is -2.45. The second-order valence-corrected chi connectivity index (χ2v) is 7.02. The van der Waals surface area contributed by atoms with Crippen LogP contribution < -0.4 is 0 Å². The van der Waals surface area contributed by atoms with Gasteiger partial charge in [0.1, 0.15) is 15.8 Å². The molecule has 0 bridgehead atoms. The van der Waals surface area contributed by atoms with Crippen LogP contribution >= 0.6 is 24.0 Å². The third-order valence-corrected chi connectivity index (χ3v) is 4.96. The van der Waals surface area contributed by atoms with E-state index < -0.39 is 4.92 Å². The van der Waals surface area contributed by atoms with E-state index in [2.05, 4.69) is 0 Å². The molecule has 128 valence electrons. The fraction of sp³-hybridized carbons (Fsp3) is 0.176. The molecule has 1 fully saturated rings. The van der Waals surface area contributed by atoms with Crippen LogP contribution in [0.1, 0.15) is 19.1 Å². The lowest BCUT2D eigenvalue weighted by atomic mass is 10.1. The lowest BCUT2D eigenvalue weighted by Crippen LogP contribution is -2.28. The number of hydrogen-bond donors (Lipinski definition) is 0. The minimum Gasteiger partial charge on any atom is -0.457 e.